The third kappa shape index (κ3) is 2.69. The molecule has 0 heterocycles. The minimum atomic E-state index is -3.98. The molecule has 8 heteroatoms. The van der Waals surface area contributed by atoms with E-state index in [1.54, 1.807) is 0 Å². The van der Waals surface area contributed by atoms with Crippen molar-refractivity contribution in [3.05, 3.63) is 27.2 Å². The Labute approximate surface area is 99.0 Å². The number of nitrogens with two attached hydrogens (primary N) is 1. The van der Waals surface area contributed by atoms with E-state index in [1.807, 2.05) is 0 Å². The van der Waals surface area contributed by atoms with E-state index in [4.69, 9.17) is 21.8 Å². The van der Waals surface area contributed by atoms with Crippen molar-refractivity contribution < 1.29 is 18.3 Å². The molecule has 0 atom stereocenters. The molecule has 1 aromatic rings. The van der Waals surface area contributed by atoms with Gasteiger partial charge in [-0.1, -0.05) is 11.6 Å². The van der Waals surface area contributed by atoms with E-state index >= 15 is 0 Å². The van der Waals surface area contributed by atoms with Gasteiger partial charge in [0.05, 0.1) is 10.6 Å². The van der Waals surface area contributed by atoms with Crippen LogP contribution in [0.2, 0.25) is 5.02 Å². The maximum absolute atomic E-state index is 11.1. The highest BCUT2D eigenvalue weighted by Crippen LogP contribution is 2.30. The van der Waals surface area contributed by atoms with Crippen LogP contribution in [-0.2, 0) is 10.0 Å². The summed E-state index contributed by atoms with van der Waals surface area (Å²) in [5, 5.41) is 13.3. The van der Waals surface area contributed by atoms with Gasteiger partial charge in [0.25, 0.3) is 0 Å². The number of primary sulfonamides is 1. The van der Waals surface area contributed by atoms with Gasteiger partial charge in [0.15, 0.2) is 0 Å². The molecule has 0 aliphatic heterocycles. The van der Waals surface area contributed by atoms with Crippen LogP contribution in [0, 0.1) is 0 Å². The van der Waals surface area contributed by atoms with Crippen LogP contribution in [0.15, 0.2) is 21.5 Å². The number of carboxylic acid groups (broad SMARTS) is 1. The summed E-state index contributed by atoms with van der Waals surface area (Å²) in [6.07, 6.45) is 0. The van der Waals surface area contributed by atoms with Crippen LogP contribution in [0.5, 0.6) is 0 Å². The zero-order valence-electron chi connectivity index (χ0n) is 7.07. The molecule has 82 valence electrons. The highest BCUT2D eigenvalue weighted by atomic mass is 79.9. The molecule has 0 saturated carbocycles. The standard InChI is InChI=1S/C7H5BrClNO4S/c8-4-1-3(7(11)12)2-5(9)6(4)15(10,13)14/h1-2H,(H,11,12)(H2,10,13,14). The second-order valence-electron chi connectivity index (χ2n) is 2.62. The van der Waals surface area contributed by atoms with Crippen molar-refractivity contribution in [2.24, 2.45) is 5.14 Å². The number of carboxylic acids is 1. The van der Waals surface area contributed by atoms with Gasteiger partial charge in [-0.05, 0) is 28.1 Å². The van der Waals surface area contributed by atoms with Gasteiger partial charge in [-0.3, -0.25) is 0 Å². The van der Waals surface area contributed by atoms with Crippen molar-refractivity contribution in [3.8, 4) is 0 Å². The first-order valence-corrected chi connectivity index (χ1v) is 6.20. The lowest BCUT2D eigenvalue weighted by atomic mass is 10.2. The molecule has 5 nitrogen and oxygen atoms in total. The van der Waals surface area contributed by atoms with Gasteiger partial charge >= 0.3 is 5.97 Å². The van der Waals surface area contributed by atoms with E-state index in [0.717, 1.165) is 12.1 Å². The monoisotopic (exact) mass is 313 g/mol. The number of benzene rings is 1. The van der Waals surface area contributed by atoms with Gasteiger partial charge in [0.1, 0.15) is 4.90 Å². The Morgan fingerprint density at radius 2 is 2.00 bits per heavy atom. The second kappa shape index (κ2) is 4.09. The Hall–Kier alpha value is -0.630. The van der Waals surface area contributed by atoms with Crippen LogP contribution in [0.3, 0.4) is 0 Å². The highest BCUT2D eigenvalue weighted by Gasteiger charge is 2.19. The number of carbonyl (C=O) groups is 1. The van der Waals surface area contributed by atoms with E-state index in [-0.39, 0.29) is 20.0 Å². The van der Waals surface area contributed by atoms with E-state index in [9.17, 15) is 13.2 Å². The summed E-state index contributed by atoms with van der Waals surface area (Å²) in [5.41, 5.74) is -0.126. The number of hydrogen-bond acceptors (Lipinski definition) is 3. The predicted molar refractivity (Wildman–Crippen MR) is 57.5 cm³/mol. The van der Waals surface area contributed by atoms with Gasteiger partial charge in [-0.25, -0.2) is 18.4 Å². The molecule has 0 radical (unpaired) electrons. The molecule has 1 rings (SSSR count). The summed E-state index contributed by atoms with van der Waals surface area (Å²) in [6, 6.07) is 2.14. The van der Waals surface area contributed by atoms with Crippen molar-refractivity contribution >= 4 is 43.5 Å². The molecule has 0 fully saturated rings. The summed E-state index contributed by atoms with van der Waals surface area (Å²) in [5.74, 6) is -1.21. The predicted octanol–water partition coefficient (Wildman–Crippen LogP) is 1.45. The smallest absolute Gasteiger partial charge is 0.335 e. The average Bonchev–Trinajstić information content (AvgIpc) is 1.99. The van der Waals surface area contributed by atoms with Crippen LogP contribution < -0.4 is 5.14 Å². The first kappa shape index (κ1) is 12.4. The van der Waals surface area contributed by atoms with Crippen LogP contribution in [0.4, 0.5) is 0 Å². The van der Waals surface area contributed by atoms with Crippen LogP contribution >= 0.6 is 27.5 Å². The second-order valence-corrected chi connectivity index (χ2v) is 5.38. The lowest BCUT2D eigenvalue weighted by molar-refractivity contribution is 0.0696. The normalized spacial score (nSPS) is 11.4. The Morgan fingerprint density at radius 1 is 1.47 bits per heavy atom. The minimum Gasteiger partial charge on any atom is -0.478 e. The zero-order valence-corrected chi connectivity index (χ0v) is 10.2. The van der Waals surface area contributed by atoms with Crippen molar-refractivity contribution in [1.29, 1.82) is 0 Å². The number of rotatable bonds is 2. The van der Waals surface area contributed by atoms with E-state index in [1.165, 1.54) is 0 Å². The van der Waals surface area contributed by atoms with Crippen molar-refractivity contribution in [3.63, 3.8) is 0 Å². The summed E-state index contributed by atoms with van der Waals surface area (Å²) in [6.45, 7) is 0. The Kier molecular flexibility index (Phi) is 3.39. The SMILES string of the molecule is NS(=O)(=O)c1c(Cl)cc(C(=O)O)cc1Br. The van der Waals surface area contributed by atoms with Crippen molar-refractivity contribution in [1.82, 2.24) is 0 Å². The first-order valence-electron chi connectivity index (χ1n) is 3.48. The molecule has 0 aliphatic carbocycles. The van der Waals surface area contributed by atoms with Crippen LogP contribution in [0.1, 0.15) is 10.4 Å². The number of halogens is 2. The summed E-state index contributed by atoms with van der Waals surface area (Å²) < 4.78 is 22.2. The molecule has 0 bridgehead atoms. The van der Waals surface area contributed by atoms with Crippen molar-refractivity contribution in [2.75, 3.05) is 0 Å². The topological polar surface area (TPSA) is 97.5 Å². The summed E-state index contributed by atoms with van der Waals surface area (Å²) in [4.78, 5) is 10.3. The summed E-state index contributed by atoms with van der Waals surface area (Å²) in [7, 11) is -3.98. The average molecular weight is 315 g/mol. The van der Waals surface area contributed by atoms with Gasteiger partial charge in [0.2, 0.25) is 10.0 Å². The fraction of sp³-hybridized carbons (Fsp3) is 0. The van der Waals surface area contributed by atoms with E-state index < -0.39 is 16.0 Å². The molecule has 0 saturated heterocycles. The lowest BCUT2D eigenvalue weighted by Crippen LogP contribution is -2.14. The maximum Gasteiger partial charge on any atom is 0.335 e. The van der Waals surface area contributed by atoms with Gasteiger partial charge < -0.3 is 5.11 Å². The molecule has 0 spiro atoms. The number of aromatic carboxylic acids is 1. The number of hydrogen-bond donors (Lipinski definition) is 2. The quantitative estimate of drug-likeness (QED) is 0.863. The largest absolute Gasteiger partial charge is 0.478 e. The summed E-state index contributed by atoms with van der Waals surface area (Å²) >= 11 is 8.51. The van der Waals surface area contributed by atoms with E-state index in [0.29, 0.717) is 0 Å². The van der Waals surface area contributed by atoms with E-state index in [2.05, 4.69) is 15.9 Å². The Balaban J connectivity index is 3.55. The fourth-order valence-corrected chi connectivity index (χ4v) is 3.41. The maximum atomic E-state index is 11.1. The minimum absolute atomic E-state index is 0.0231. The van der Waals surface area contributed by atoms with Gasteiger partial charge in [0, 0.05) is 4.47 Å². The molecule has 0 unspecified atom stereocenters. The molecule has 1 aromatic carbocycles. The molecule has 3 N–H and O–H groups in total. The van der Waals surface area contributed by atoms with Crippen LogP contribution in [-0.4, -0.2) is 19.5 Å². The van der Waals surface area contributed by atoms with Crippen molar-refractivity contribution in [2.45, 2.75) is 4.90 Å². The fourth-order valence-electron chi connectivity index (χ4n) is 0.955. The number of sulfonamides is 1. The Morgan fingerprint density at radius 3 is 2.33 bits per heavy atom. The highest BCUT2D eigenvalue weighted by molar-refractivity contribution is 9.10. The zero-order chi connectivity index (χ0) is 11.8. The first-order chi connectivity index (χ1) is 6.73. The molecule has 0 amide bonds. The van der Waals surface area contributed by atoms with Crippen LogP contribution in [0.25, 0.3) is 0 Å². The third-order valence-corrected chi connectivity index (χ3v) is 3.84. The van der Waals surface area contributed by atoms with Gasteiger partial charge in [-0.2, -0.15) is 0 Å². The lowest BCUT2D eigenvalue weighted by Gasteiger charge is -2.05. The molecule has 0 aromatic heterocycles. The molecular formula is C7H5BrClNO4S. The Bertz CT molecular complexity index is 505. The molecular weight excluding hydrogens is 310 g/mol. The third-order valence-electron chi connectivity index (χ3n) is 1.53. The van der Waals surface area contributed by atoms with Gasteiger partial charge in [-0.15, -0.1) is 0 Å². The molecule has 15 heavy (non-hydrogen) atoms. The molecule has 0 aliphatic rings.